The van der Waals surface area contributed by atoms with E-state index in [-0.39, 0.29) is 5.91 Å². The third kappa shape index (κ3) is 2.89. The number of aromatic nitrogens is 2. The summed E-state index contributed by atoms with van der Waals surface area (Å²) in [4.78, 5) is 21.9. The second kappa shape index (κ2) is 6.29. The number of nitrogens with zero attached hydrogens (tertiary/aromatic N) is 2. The molecule has 3 heterocycles. The molecule has 1 aromatic carbocycles. The molecule has 1 aliphatic rings. The molecule has 0 aliphatic carbocycles. The Balaban J connectivity index is 1.46. The molecule has 3 aromatic rings. The largest absolute Gasteiger partial charge is 0.358 e. The number of amides is 1. The molecule has 122 valence electrons. The molecular formula is C19H18ClN3O. The van der Waals surface area contributed by atoms with E-state index < -0.39 is 0 Å². The number of rotatable bonds is 2. The standard InChI is InChI=1S/C19H18ClN3O/c20-16-1-2-17-15(11-16)12-18(22-17)13-5-9-23(10-6-13)19(24)14-3-7-21-8-4-14/h1-4,7-8,11-13,22H,5-6,9-10H2. The first-order chi connectivity index (χ1) is 11.7. The fraction of sp³-hybridized carbons (Fsp3) is 0.263. The summed E-state index contributed by atoms with van der Waals surface area (Å²) in [5.41, 5.74) is 3.07. The summed E-state index contributed by atoms with van der Waals surface area (Å²) in [6.07, 6.45) is 5.26. The molecule has 5 heteroatoms. The molecule has 0 unspecified atom stereocenters. The lowest BCUT2D eigenvalue weighted by molar-refractivity contribution is 0.0712. The minimum atomic E-state index is 0.0966. The van der Waals surface area contributed by atoms with E-state index in [1.165, 1.54) is 5.69 Å². The fourth-order valence-corrected chi connectivity index (χ4v) is 3.60. The van der Waals surface area contributed by atoms with E-state index in [2.05, 4.69) is 16.0 Å². The molecular weight excluding hydrogens is 322 g/mol. The van der Waals surface area contributed by atoms with Gasteiger partial charge in [-0.2, -0.15) is 0 Å². The Kier molecular flexibility index (Phi) is 3.98. The Morgan fingerprint density at radius 2 is 1.88 bits per heavy atom. The zero-order valence-electron chi connectivity index (χ0n) is 13.2. The number of carbonyl (C=O) groups is 1. The van der Waals surface area contributed by atoms with Gasteiger partial charge in [0, 0.05) is 58.6 Å². The average molecular weight is 340 g/mol. The van der Waals surface area contributed by atoms with Gasteiger partial charge in [-0.25, -0.2) is 0 Å². The molecule has 1 saturated heterocycles. The maximum atomic E-state index is 12.5. The zero-order chi connectivity index (χ0) is 16.5. The highest BCUT2D eigenvalue weighted by Gasteiger charge is 2.25. The van der Waals surface area contributed by atoms with Gasteiger partial charge >= 0.3 is 0 Å². The topological polar surface area (TPSA) is 49.0 Å². The lowest BCUT2D eigenvalue weighted by Crippen LogP contribution is -2.37. The highest BCUT2D eigenvalue weighted by Crippen LogP contribution is 2.31. The van der Waals surface area contributed by atoms with E-state index in [0.717, 1.165) is 41.9 Å². The number of benzene rings is 1. The van der Waals surface area contributed by atoms with Crippen LogP contribution in [0.3, 0.4) is 0 Å². The number of halogens is 1. The Bertz CT molecular complexity index is 867. The van der Waals surface area contributed by atoms with Crippen LogP contribution in [0.4, 0.5) is 0 Å². The number of likely N-dealkylation sites (tertiary alicyclic amines) is 1. The number of pyridine rings is 1. The first kappa shape index (κ1) is 15.2. The number of carbonyl (C=O) groups excluding carboxylic acids is 1. The molecule has 0 atom stereocenters. The van der Waals surface area contributed by atoms with Crippen molar-refractivity contribution in [1.29, 1.82) is 0 Å². The smallest absolute Gasteiger partial charge is 0.253 e. The van der Waals surface area contributed by atoms with Crippen molar-refractivity contribution in [3.63, 3.8) is 0 Å². The zero-order valence-corrected chi connectivity index (χ0v) is 14.0. The molecule has 0 radical (unpaired) electrons. The van der Waals surface area contributed by atoms with Gasteiger partial charge in [-0.05, 0) is 49.2 Å². The summed E-state index contributed by atoms with van der Waals surface area (Å²) >= 11 is 6.06. The summed E-state index contributed by atoms with van der Waals surface area (Å²) in [6.45, 7) is 1.56. The fourth-order valence-electron chi connectivity index (χ4n) is 3.42. The van der Waals surface area contributed by atoms with Gasteiger partial charge in [0.15, 0.2) is 0 Å². The molecule has 0 saturated carbocycles. The quantitative estimate of drug-likeness (QED) is 0.759. The number of H-pyrrole nitrogens is 1. The first-order valence-electron chi connectivity index (χ1n) is 8.18. The van der Waals surface area contributed by atoms with E-state index in [1.807, 2.05) is 23.1 Å². The molecule has 1 N–H and O–H groups in total. The van der Waals surface area contributed by atoms with Crippen molar-refractivity contribution < 1.29 is 4.79 Å². The van der Waals surface area contributed by atoms with Gasteiger partial charge in [0.2, 0.25) is 0 Å². The van der Waals surface area contributed by atoms with Crippen LogP contribution in [0.25, 0.3) is 10.9 Å². The van der Waals surface area contributed by atoms with Crippen molar-refractivity contribution in [1.82, 2.24) is 14.9 Å². The Morgan fingerprint density at radius 3 is 2.62 bits per heavy atom. The Morgan fingerprint density at radius 1 is 1.12 bits per heavy atom. The van der Waals surface area contributed by atoms with Crippen molar-refractivity contribution in [2.24, 2.45) is 0 Å². The van der Waals surface area contributed by atoms with Gasteiger partial charge < -0.3 is 9.88 Å². The highest BCUT2D eigenvalue weighted by atomic mass is 35.5. The number of hydrogen-bond acceptors (Lipinski definition) is 2. The van der Waals surface area contributed by atoms with Crippen LogP contribution < -0.4 is 0 Å². The third-order valence-electron chi connectivity index (χ3n) is 4.75. The van der Waals surface area contributed by atoms with Gasteiger partial charge in [-0.1, -0.05) is 11.6 Å². The molecule has 1 aliphatic heterocycles. The van der Waals surface area contributed by atoms with Crippen molar-refractivity contribution in [3.05, 3.63) is 65.1 Å². The van der Waals surface area contributed by atoms with E-state index >= 15 is 0 Å². The molecule has 1 fully saturated rings. The van der Waals surface area contributed by atoms with Crippen LogP contribution in [0.5, 0.6) is 0 Å². The number of fused-ring (bicyclic) bond motifs is 1. The number of hydrogen-bond donors (Lipinski definition) is 1. The van der Waals surface area contributed by atoms with Crippen LogP contribution in [0, 0.1) is 0 Å². The van der Waals surface area contributed by atoms with Crippen LogP contribution in [0.15, 0.2) is 48.8 Å². The van der Waals surface area contributed by atoms with Gasteiger partial charge in [0.25, 0.3) is 5.91 Å². The predicted molar refractivity (Wildman–Crippen MR) is 95.4 cm³/mol. The molecule has 1 amide bonds. The minimum absolute atomic E-state index is 0.0966. The number of aromatic amines is 1. The van der Waals surface area contributed by atoms with Gasteiger partial charge in [-0.3, -0.25) is 9.78 Å². The third-order valence-corrected chi connectivity index (χ3v) is 4.99. The van der Waals surface area contributed by atoms with Crippen molar-refractivity contribution in [2.75, 3.05) is 13.1 Å². The highest BCUT2D eigenvalue weighted by molar-refractivity contribution is 6.31. The lowest BCUT2D eigenvalue weighted by Gasteiger charge is -2.31. The molecule has 4 nitrogen and oxygen atoms in total. The number of nitrogens with one attached hydrogen (secondary N) is 1. The summed E-state index contributed by atoms with van der Waals surface area (Å²) in [5, 5.41) is 1.90. The van der Waals surface area contributed by atoms with E-state index in [1.54, 1.807) is 24.5 Å². The molecule has 2 aromatic heterocycles. The van der Waals surface area contributed by atoms with Crippen LogP contribution in [0.2, 0.25) is 5.02 Å². The maximum Gasteiger partial charge on any atom is 0.253 e. The summed E-state index contributed by atoms with van der Waals surface area (Å²) < 4.78 is 0. The van der Waals surface area contributed by atoms with E-state index in [4.69, 9.17) is 11.6 Å². The SMILES string of the molecule is O=C(c1ccncc1)N1CCC(c2cc3cc(Cl)ccc3[nH]2)CC1. The number of piperidine rings is 1. The van der Waals surface area contributed by atoms with Crippen molar-refractivity contribution in [2.45, 2.75) is 18.8 Å². The molecule has 0 bridgehead atoms. The monoisotopic (exact) mass is 339 g/mol. The summed E-state index contributed by atoms with van der Waals surface area (Å²) in [5.74, 6) is 0.553. The van der Waals surface area contributed by atoms with Crippen LogP contribution in [-0.4, -0.2) is 33.9 Å². The van der Waals surface area contributed by atoms with E-state index in [0.29, 0.717) is 11.5 Å². The maximum absolute atomic E-state index is 12.5. The van der Waals surface area contributed by atoms with Gasteiger partial charge in [0.05, 0.1) is 0 Å². The average Bonchev–Trinajstić information content (AvgIpc) is 3.05. The van der Waals surface area contributed by atoms with Crippen LogP contribution >= 0.6 is 11.6 Å². The second-order valence-corrected chi connectivity index (χ2v) is 6.70. The van der Waals surface area contributed by atoms with Crippen LogP contribution in [-0.2, 0) is 0 Å². The van der Waals surface area contributed by atoms with Crippen molar-refractivity contribution in [3.8, 4) is 0 Å². The Labute approximate surface area is 145 Å². The molecule has 4 rings (SSSR count). The van der Waals surface area contributed by atoms with Gasteiger partial charge in [0.1, 0.15) is 0 Å². The Hall–Kier alpha value is -2.33. The minimum Gasteiger partial charge on any atom is -0.358 e. The van der Waals surface area contributed by atoms with E-state index in [9.17, 15) is 4.79 Å². The predicted octanol–water partition coefficient (Wildman–Crippen LogP) is 4.24. The summed E-state index contributed by atoms with van der Waals surface area (Å²) in [6, 6.07) is 11.6. The lowest BCUT2D eigenvalue weighted by atomic mass is 9.93. The van der Waals surface area contributed by atoms with Crippen LogP contribution in [0.1, 0.15) is 34.8 Å². The summed E-state index contributed by atoms with van der Waals surface area (Å²) in [7, 11) is 0. The first-order valence-corrected chi connectivity index (χ1v) is 8.56. The normalized spacial score (nSPS) is 15.8. The molecule has 24 heavy (non-hydrogen) atoms. The second-order valence-electron chi connectivity index (χ2n) is 6.26. The van der Waals surface area contributed by atoms with Crippen molar-refractivity contribution >= 4 is 28.4 Å². The molecule has 0 spiro atoms. The van der Waals surface area contributed by atoms with Gasteiger partial charge in [-0.15, -0.1) is 0 Å².